The molecule has 1 aromatic heterocycles. The predicted molar refractivity (Wildman–Crippen MR) is 101 cm³/mol. The number of carbonyl (C=O) groups is 1. The highest BCUT2D eigenvalue weighted by Crippen LogP contribution is 2.24. The Balaban J connectivity index is 1.62. The molecule has 0 radical (unpaired) electrons. The van der Waals surface area contributed by atoms with Gasteiger partial charge < -0.3 is 15.4 Å². The summed E-state index contributed by atoms with van der Waals surface area (Å²) in [5.74, 6) is 0.900. The molecule has 1 heterocycles. The van der Waals surface area contributed by atoms with Gasteiger partial charge in [0.2, 0.25) is 0 Å². The second kappa shape index (κ2) is 8.62. The van der Waals surface area contributed by atoms with Crippen molar-refractivity contribution in [3.63, 3.8) is 0 Å². The molecular weight excluding hydrogens is 328 g/mol. The van der Waals surface area contributed by atoms with E-state index >= 15 is 0 Å². The van der Waals surface area contributed by atoms with Crippen LogP contribution in [0.25, 0.3) is 0 Å². The van der Waals surface area contributed by atoms with Gasteiger partial charge in [-0.25, -0.2) is 9.97 Å². The topological polar surface area (TPSA) is 76.1 Å². The van der Waals surface area contributed by atoms with Crippen LogP contribution in [0.3, 0.4) is 0 Å². The van der Waals surface area contributed by atoms with Crippen LogP contribution in [0.1, 0.15) is 23.0 Å². The van der Waals surface area contributed by atoms with E-state index in [1.54, 1.807) is 18.3 Å². The van der Waals surface area contributed by atoms with Crippen LogP contribution < -0.4 is 15.4 Å². The van der Waals surface area contributed by atoms with E-state index in [0.717, 1.165) is 5.56 Å². The molecule has 0 aliphatic heterocycles. The number of para-hydroxylation sites is 2. The van der Waals surface area contributed by atoms with Crippen LogP contribution in [0.15, 0.2) is 67.0 Å². The number of amides is 1. The lowest BCUT2D eigenvalue weighted by molar-refractivity contribution is 0.102. The van der Waals surface area contributed by atoms with Crippen molar-refractivity contribution in [3.8, 4) is 5.75 Å². The van der Waals surface area contributed by atoms with Gasteiger partial charge in [-0.05, 0) is 24.6 Å². The van der Waals surface area contributed by atoms with Gasteiger partial charge in [0.1, 0.15) is 17.3 Å². The lowest BCUT2D eigenvalue weighted by Crippen LogP contribution is -2.15. The van der Waals surface area contributed by atoms with Crippen molar-refractivity contribution in [2.24, 2.45) is 0 Å². The van der Waals surface area contributed by atoms with E-state index in [-0.39, 0.29) is 11.6 Å². The Labute approximate surface area is 152 Å². The number of benzene rings is 2. The van der Waals surface area contributed by atoms with E-state index in [0.29, 0.717) is 30.4 Å². The summed E-state index contributed by atoms with van der Waals surface area (Å²) in [5.41, 5.74) is 1.98. The molecular formula is C20H20N4O2. The number of aromatic nitrogens is 2. The Morgan fingerprint density at radius 1 is 1.00 bits per heavy atom. The van der Waals surface area contributed by atoms with Gasteiger partial charge in [-0.3, -0.25) is 4.79 Å². The number of carbonyl (C=O) groups excluding carboxylic acids is 1. The van der Waals surface area contributed by atoms with Crippen LogP contribution in [0.5, 0.6) is 5.75 Å². The van der Waals surface area contributed by atoms with Crippen LogP contribution >= 0.6 is 0 Å². The van der Waals surface area contributed by atoms with Crippen molar-refractivity contribution in [1.29, 1.82) is 0 Å². The van der Waals surface area contributed by atoms with Crippen molar-refractivity contribution in [3.05, 3.63) is 78.2 Å². The Morgan fingerprint density at radius 2 is 1.77 bits per heavy atom. The molecule has 132 valence electrons. The van der Waals surface area contributed by atoms with Gasteiger partial charge in [-0.2, -0.15) is 0 Å². The Hall–Kier alpha value is -3.41. The normalized spacial score (nSPS) is 10.2. The molecule has 0 saturated carbocycles. The molecule has 0 aliphatic carbocycles. The molecule has 0 aliphatic rings. The third-order valence-electron chi connectivity index (χ3n) is 3.64. The van der Waals surface area contributed by atoms with Crippen LogP contribution in [-0.2, 0) is 6.54 Å². The number of hydrogen-bond acceptors (Lipinski definition) is 5. The predicted octanol–water partition coefficient (Wildman–Crippen LogP) is 3.74. The molecule has 1 amide bonds. The fourth-order valence-electron chi connectivity index (χ4n) is 2.36. The minimum Gasteiger partial charge on any atom is -0.492 e. The first-order valence-corrected chi connectivity index (χ1v) is 8.39. The summed E-state index contributed by atoms with van der Waals surface area (Å²) in [5, 5.41) is 5.98. The number of nitrogens with zero attached hydrogens (tertiary/aromatic N) is 2. The molecule has 6 nitrogen and oxygen atoms in total. The summed E-state index contributed by atoms with van der Waals surface area (Å²) in [6.07, 6.45) is 3.00. The summed E-state index contributed by atoms with van der Waals surface area (Å²) < 4.78 is 5.51. The molecule has 3 rings (SSSR count). The Kier molecular flexibility index (Phi) is 5.77. The Bertz CT molecular complexity index is 851. The SMILES string of the molecule is CCOc1ccccc1NC(=O)c1cnc(NCc2ccccc2)cn1. The number of ether oxygens (including phenoxy) is 1. The van der Waals surface area contributed by atoms with Gasteiger partial charge in [0, 0.05) is 6.54 Å². The van der Waals surface area contributed by atoms with Crippen molar-refractivity contribution >= 4 is 17.4 Å². The van der Waals surface area contributed by atoms with Gasteiger partial charge in [0.15, 0.2) is 0 Å². The van der Waals surface area contributed by atoms with Crippen molar-refractivity contribution < 1.29 is 9.53 Å². The van der Waals surface area contributed by atoms with Crippen molar-refractivity contribution in [2.75, 3.05) is 17.2 Å². The first kappa shape index (κ1) is 17.4. The van der Waals surface area contributed by atoms with E-state index in [1.807, 2.05) is 49.4 Å². The highest BCUT2D eigenvalue weighted by molar-refractivity contribution is 6.03. The maximum atomic E-state index is 12.4. The Morgan fingerprint density at radius 3 is 2.50 bits per heavy atom. The van der Waals surface area contributed by atoms with Crippen LogP contribution in [0.2, 0.25) is 0 Å². The first-order valence-electron chi connectivity index (χ1n) is 8.39. The maximum absolute atomic E-state index is 12.4. The lowest BCUT2D eigenvalue weighted by Gasteiger charge is -2.11. The first-order chi connectivity index (χ1) is 12.8. The highest BCUT2D eigenvalue weighted by Gasteiger charge is 2.11. The number of nitrogens with one attached hydrogen (secondary N) is 2. The van der Waals surface area contributed by atoms with E-state index in [2.05, 4.69) is 20.6 Å². The van der Waals surface area contributed by atoms with Crippen molar-refractivity contribution in [1.82, 2.24) is 9.97 Å². The monoisotopic (exact) mass is 348 g/mol. The van der Waals surface area contributed by atoms with Crippen LogP contribution in [-0.4, -0.2) is 22.5 Å². The molecule has 2 aromatic carbocycles. The molecule has 3 aromatic rings. The smallest absolute Gasteiger partial charge is 0.275 e. The number of anilines is 2. The summed E-state index contributed by atoms with van der Waals surface area (Å²) in [4.78, 5) is 20.8. The second-order valence-corrected chi connectivity index (χ2v) is 5.51. The molecule has 0 atom stereocenters. The molecule has 2 N–H and O–H groups in total. The molecule has 0 bridgehead atoms. The summed E-state index contributed by atoms with van der Waals surface area (Å²) in [6.45, 7) is 3.06. The summed E-state index contributed by atoms with van der Waals surface area (Å²) >= 11 is 0. The van der Waals surface area contributed by atoms with Gasteiger partial charge in [-0.1, -0.05) is 42.5 Å². The molecule has 0 fully saturated rings. The third-order valence-corrected chi connectivity index (χ3v) is 3.64. The van der Waals surface area contributed by atoms with E-state index < -0.39 is 0 Å². The van der Waals surface area contributed by atoms with Crippen LogP contribution in [0, 0.1) is 0 Å². The summed E-state index contributed by atoms with van der Waals surface area (Å²) in [7, 11) is 0. The quantitative estimate of drug-likeness (QED) is 0.680. The minimum atomic E-state index is -0.334. The highest BCUT2D eigenvalue weighted by atomic mass is 16.5. The van der Waals surface area contributed by atoms with Crippen molar-refractivity contribution in [2.45, 2.75) is 13.5 Å². The average Bonchev–Trinajstić information content (AvgIpc) is 2.69. The zero-order valence-electron chi connectivity index (χ0n) is 14.5. The van der Waals surface area contributed by atoms with Gasteiger partial charge >= 0.3 is 0 Å². The van der Waals surface area contributed by atoms with E-state index in [4.69, 9.17) is 4.74 Å². The standard InChI is InChI=1S/C20H20N4O2/c1-2-26-18-11-7-6-10-16(18)24-20(25)17-13-23-19(14-21-17)22-12-15-8-4-3-5-9-15/h3-11,13-14H,2,12H2,1H3,(H,22,23)(H,24,25). The second-order valence-electron chi connectivity index (χ2n) is 5.51. The van der Waals surface area contributed by atoms with E-state index in [9.17, 15) is 4.79 Å². The van der Waals surface area contributed by atoms with Gasteiger partial charge in [-0.15, -0.1) is 0 Å². The van der Waals surface area contributed by atoms with Crippen LogP contribution in [0.4, 0.5) is 11.5 Å². The van der Waals surface area contributed by atoms with E-state index in [1.165, 1.54) is 6.20 Å². The molecule has 0 unspecified atom stereocenters. The molecule has 0 spiro atoms. The molecule has 26 heavy (non-hydrogen) atoms. The maximum Gasteiger partial charge on any atom is 0.275 e. The lowest BCUT2D eigenvalue weighted by atomic mass is 10.2. The number of hydrogen-bond donors (Lipinski definition) is 2. The van der Waals surface area contributed by atoms with Gasteiger partial charge in [0.05, 0.1) is 24.7 Å². The largest absolute Gasteiger partial charge is 0.492 e. The fourth-order valence-corrected chi connectivity index (χ4v) is 2.36. The third kappa shape index (κ3) is 4.57. The van der Waals surface area contributed by atoms with Gasteiger partial charge in [0.25, 0.3) is 5.91 Å². The average molecular weight is 348 g/mol. The molecule has 0 saturated heterocycles. The number of rotatable bonds is 7. The zero-order chi connectivity index (χ0) is 18.2. The fraction of sp³-hybridized carbons (Fsp3) is 0.150. The molecule has 6 heteroatoms. The minimum absolute atomic E-state index is 0.238. The zero-order valence-corrected chi connectivity index (χ0v) is 14.5. The summed E-state index contributed by atoms with van der Waals surface area (Å²) in [6, 6.07) is 17.3.